The van der Waals surface area contributed by atoms with Gasteiger partial charge in [0.25, 0.3) is 0 Å². The minimum Gasteiger partial charge on any atom is -0.368 e. The molecule has 1 heterocycles. The van der Waals surface area contributed by atoms with Crippen LogP contribution in [-0.2, 0) is 11.3 Å². The molecule has 1 aromatic heterocycles. The Bertz CT molecular complexity index is 310. The van der Waals surface area contributed by atoms with Crippen molar-refractivity contribution in [1.29, 1.82) is 0 Å². The van der Waals surface area contributed by atoms with Crippen molar-refractivity contribution in [1.82, 2.24) is 20.1 Å². The number of nitrogens with two attached hydrogens (primary N) is 1. The summed E-state index contributed by atoms with van der Waals surface area (Å²) in [4.78, 5) is 15.1. The molecule has 84 valence electrons. The fourth-order valence-electron chi connectivity index (χ4n) is 1.38. The Morgan fingerprint density at radius 3 is 2.87 bits per heavy atom. The minimum absolute atomic E-state index is 0.343. The van der Waals surface area contributed by atoms with E-state index in [4.69, 9.17) is 5.73 Å². The molecular formula is C9H17N5O. The smallest absolute Gasteiger partial charge is 0.237 e. The van der Waals surface area contributed by atoms with Crippen LogP contribution in [-0.4, -0.2) is 32.8 Å². The molecule has 0 saturated heterocycles. The van der Waals surface area contributed by atoms with Crippen molar-refractivity contribution in [2.75, 3.05) is 6.54 Å². The van der Waals surface area contributed by atoms with Crippen molar-refractivity contribution in [3.05, 3.63) is 12.7 Å². The summed E-state index contributed by atoms with van der Waals surface area (Å²) in [5.41, 5.74) is 4.67. The highest BCUT2D eigenvalue weighted by Gasteiger charge is 2.29. The van der Waals surface area contributed by atoms with Crippen molar-refractivity contribution in [3.8, 4) is 0 Å². The molecule has 15 heavy (non-hydrogen) atoms. The van der Waals surface area contributed by atoms with Crippen LogP contribution in [0.1, 0.15) is 20.3 Å². The van der Waals surface area contributed by atoms with Crippen molar-refractivity contribution < 1.29 is 4.79 Å². The Labute approximate surface area is 88.9 Å². The fourth-order valence-corrected chi connectivity index (χ4v) is 1.38. The van der Waals surface area contributed by atoms with E-state index in [1.54, 1.807) is 17.9 Å². The number of nitrogens with one attached hydrogen (secondary N) is 1. The molecule has 1 aromatic rings. The maximum absolute atomic E-state index is 11.3. The molecule has 0 aromatic carbocycles. The van der Waals surface area contributed by atoms with E-state index in [0.717, 1.165) is 0 Å². The predicted octanol–water partition coefficient (Wildman–Crippen LogP) is -0.478. The highest BCUT2D eigenvalue weighted by molar-refractivity contribution is 5.84. The SMILES string of the molecule is CCNC(C)(CCn1cncn1)C(N)=O. The summed E-state index contributed by atoms with van der Waals surface area (Å²) < 4.78 is 1.68. The largest absolute Gasteiger partial charge is 0.368 e. The van der Waals surface area contributed by atoms with Gasteiger partial charge in [0.1, 0.15) is 12.7 Å². The monoisotopic (exact) mass is 211 g/mol. The Kier molecular flexibility index (Phi) is 3.79. The summed E-state index contributed by atoms with van der Waals surface area (Å²) in [7, 11) is 0. The maximum atomic E-state index is 11.3. The van der Waals surface area contributed by atoms with Gasteiger partial charge in [0.2, 0.25) is 5.91 Å². The molecule has 0 spiro atoms. The zero-order valence-electron chi connectivity index (χ0n) is 9.10. The van der Waals surface area contributed by atoms with Crippen molar-refractivity contribution in [2.24, 2.45) is 5.73 Å². The van der Waals surface area contributed by atoms with Gasteiger partial charge in [-0.3, -0.25) is 9.48 Å². The first kappa shape index (κ1) is 11.6. The lowest BCUT2D eigenvalue weighted by atomic mass is 9.97. The normalized spacial score (nSPS) is 14.8. The van der Waals surface area contributed by atoms with E-state index < -0.39 is 5.54 Å². The molecule has 0 fully saturated rings. The zero-order valence-corrected chi connectivity index (χ0v) is 9.10. The highest BCUT2D eigenvalue weighted by Crippen LogP contribution is 2.09. The van der Waals surface area contributed by atoms with Gasteiger partial charge in [-0.25, -0.2) is 4.98 Å². The van der Waals surface area contributed by atoms with Crippen LogP contribution in [0.25, 0.3) is 0 Å². The maximum Gasteiger partial charge on any atom is 0.237 e. The fraction of sp³-hybridized carbons (Fsp3) is 0.667. The van der Waals surface area contributed by atoms with E-state index >= 15 is 0 Å². The van der Waals surface area contributed by atoms with E-state index in [9.17, 15) is 4.79 Å². The number of primary amides is 1. The molecule has 0 bridgehead atoms. The van der Waals surface area contributed by atoms with Crippen LogP contribution in [0.3, 0.4) is 0 Å². The van der Waals surface area contributed by atoms with Gasteiger partial charge in [0, 0.05) is 6.54 Å². The molecule has 0 radical (unpaired) electrons. The second-order valence-electron chi connectivity index (χ2n) is 3.64. The standard InChI is InChI=1S/C9H17N5O/c1-3-12-9(2,8(10)15)4-5-14-7-11-6-13-14/h6-7,12H,3-5H2,1-2H3,(H2,10,15). The number of hydrogen-bond acceptors (Lipinski definition) is 4. The number of likely N-dealkylation sites (N-methyl/N-ethyl adjacent to an activating group) is 1. The third-order valence-corrected chi connectivity index (χ3v) is 2.42. The van der Waals surface area contributed by atoms with Crippen LogP contribution < -0.4 is 11.1 Å². The van der Waals surface area contributed by atoms with Gasteiger partial charge < -0.3 is 11.1 Å². The number of nitrogens with zero attached hydrogens (tertiary/aromatic N) is 3. The first-order chi connectivity index (χ1) is 7.08. The third kappa shape index (κ3) is 3.02. The molecule has 0 saturated carbocycles. The second kappa shape index (κ2) is 4.88. The first-order valence-electron chi connectivity index (χ1n) is 4.96. The number of carbonyl (C=O) groups is 1. The molecule has 6 nitrogen and oxygen atoms in total. The third-order valence-electron chi connectivity index (χ3n) is 2.42. The summed E-state index contributed by atoms with van der Waals surface area (Å²) in [6.45, 7) is 5.07. The van der Waals surface area contributed by atoms with Crippen LogP contribution in [0.2, 0.25) is 0 Å². The Morgan fingerprint density at radius 1 is 1.67 bits per heavy atom. The molecule has 3 N–H and O–H groups in total. The molecule has 1 amide bonds. The average Bonchev–Trinajstić information content (AvgIpc) is 2.67. The first-order valence-corrected chi connectivity index (χ1v) is 4.96. The van der Waals surface area contributed by atoms with E-state index in [1.165, 1.54) is 6.33 Å². The topological polar surface area (TPSA) is 85.8 Å². The van der Waals surface area contributed by atoms with Crippen molar-refractivity contribution in [2.45, 2.75) is 32.4 Å². The van der Waals surface area contributed by atoms with Gasteiger partial charge in [-0.15, -0.1) is 0 Å². The minimum atomic E-state index is -0.680. The van der Waals surface area contributed by atoms with Crippen LogP contribution in [0.15, 0.2) is 12.7 Å². The summed E-state index contributed by atoms with van der Waals surface area (Å²) in [5, 5.41) is 7.05. The number of carbonyl (C=O) groups excluding carboxylic acids is 1. The highest BCUT2D eigenvalue weighted by atomic mass is 16.1. The average molecular weight is 211 g/mol. The lowest BCUT2D eigenvalue weighted by Gasteiger charge is -2.26. The summed E-state index contributed by atoms with van der Waals surface area (Å²) >= 11 is 0. The molecule has 1 atom stereocenters. The van der Waals surface area contributed by atoms with Gasteiger partial charge in [0.05, 0.1) is 5.54 Å². The number of amides is 1. The number of rotatable bonds is 6. The van der Waals surface area contributed by atoms with Crippen molar-refractivity contribution in [3.63, 3.8) is 0 Å². The van der Waals surface area contributed by atoms with E-state index in [1.807, 2.05) is 6.92 Å². The number of aromatic nitrogens is 3. The van der Waals surface area contributed by atoms with Gasteiger partial charge in [-0.1, -0.05) is 6.92 Å². The van der Waals surface area contributed by atoms with Gasteiger partial charge in [-0.2, -0.15) is 5.10 Å². The number of aryl methyl sites for hydroxylation is 1. The van der Waals surface area contributed by atoms with Gasteiger partial charge in [-0.05, 0) is 19.9 Å². The van der Waals surface area contributed by atoms with Gasteiger partial charge >= 0.3 is 0 Å². The van der Waals surface area contributed by atoms with E-state index in [0.29, 0.717) is 19.5 Å². The Balaban J connectivity index is 2.56. The second-order valence-corrected chi connectivity index (χ2v) is 3.64. The summed E-state index contributed by atoms with van der Waals surface area (Å²) in [6.07, 6.45) is 3.68. The summed E-state index contributed by atoms with van der Waals surface area (Å²) in [6, 6.07) is 0. The Morgan fingerprint density at radius 2 is 2.40 bits per heavy atom. The van der Waals surface area contributed by atoms with Crippen LogP contribution in [0.5, 0.6) is 0 Å². The molecular weight excluding hydrogens is 194 g/mol. The van der Waals surface area contributed by atoms with Gasteiger partial charge in [0.15, 0.2) is 0 Å². The van der Waals surface area contributed by atoms with E-state index in [2.05, 4.69) is 15.4 Å². The number of hydrogen-bond donors (Lipinski definition) is 2. The molecule has 6 heteroatoms. The van der Waals surface area contributed by atoms with Crippen LogP contribution >= 0.6 is 0 Å². The lowest BCUT2D eigenvalue weighted by molar-refractivity contribution is -0.124. The molecule has 0 aliphatic carbocycles. The molecule has 0 aliphatic rings. The molecule has 1 rings (SSSR count). The molecule has 0 aliphatic heterocycles. The van der Waals surface area contributed by atoms with Crippen LogP contribution in [0, 0.1) is 0 Å². The lowest BCUT2D eigenvalue weighted by Crippen LogP contribution is -2.53. The van der Waals surface area contributed by atoms with Crippen molar-refractivity contribution >= 4 is 5.91 Å². The van der Waals surface area contributed by atoms with Crippen LogP contribution in [0.4, 0.5) is 0 Å². The molecule has 1 unspecified atom stereocenters. The zero-order chi connectivity index (χ0) is 11.3. The van der Waals surface area contributed by atoms with E-state index in [-0.39, 0.29) is 5.91 Å². The summed E-state index contributed by atoms with van der Waals surface area (Å²) in [5.74, 6) is -0.343. The Hall–Kier alpha value is -1.43. The quantitative estimate of drug-likeness (QED) is 0.665. The predicted molar refractivity (Wildman–Crippen MR) is 55.9 cm³/mol.